The number of carbonyl (C=O) groups is 1. The Hall–Kier alpha value is -2.24. The Labute approximate surface area is 100 Å². The normalized spacial score (nSPS) is 11.3. The van der Waals surface area contributed by atoms with Gasteiger partial charge < -0.3 is 0 Å². The molecule has 0 radical (unpaired) electrons. The Balaban J connectivity index is 2.57. The van der Waals surface area contributed by atoms with Crippen molar-refractivity contribution in [1.82, 2.24) is 9.97 Å². The first-order valence-corrected chi connectivity index (χ1v) is 4.95. The summed E-state index contributed by atoms with van der Waals surface area (Å²) in [6, 6.07) is 4.04. The first-order valence-electron chi connectivity index (χ1n) is 4.95. The van der Waals surface area contributed by atoms with E-state index >= 15 is 0 Å². The van der Waals surface area contributed by atoms with E-state index in [1.54, 1.807) is 12.1 Å². The summed E-state index contributed by atoms with van der Waals surface area (Å²) in [7, 11) is 0. The number of halogens is 3. The lowest BCUT2D eigenvalue weighted by Crippen LogP contribution is -2.10. The van der Waals surface area contributed by atoms with Crippen LogP contribution < -0.4 is 0 Å². The molecule has 0 aliphatic rings. The lowest BCUT2D eigenvalue weighted by molar-refractivity contribution is -0.138. The van der Waals surface area contributed by atoms with Crippen LogP contribution in [0.15, 0.2) is 36.8 Å². The molecule has 6 heteroatoms. The van der Waals surface area contributed by atoms with E-state index in [4.69, 9.17) is 0 Å². The van der Waals surface area contributed by atoms with Crippen molar-refractivity contribution in [2.45, 2.75) is 6.18 Å². The molecule has 3 nitrogen and oxygen atoms in total. The summed E-state index contributed by atoms with van der Waals surface area (Å²) in [5.74, 6) is 0. The van der Waals surface area contributed by atoms with E-state index in [0.717, 1.165) is 6.07 Å². The highest BCUT2D eigenvalue weighted by Crippen LogP contribution is 2.33. The van der Waals surface area contributed by atoms with E-state index in [9.17, 15) is 18.0 Å². The summed E-state index contributed by atoms with van der Waals surface area (Å²) in [6.07, 6.45) is -0.341. The van der Waals surface area contributed by atoms with E-state index in [0.29, 0.717) is 5.56 Å². The molecule has 18 heavy (non-hydrogen) atoms. The molecule has 0 amide bonds. The third kappa shape index (κ3) is 2.37. The highest BCUT2D eigenvalue weighted by Gasteiger charge is 2.34. The van der Waals surface area contributed by atoms with Crippen LogP contribution >= 0.6 is 0 Å². The van der Waals surface area contributed by atoms with E-state index < -0.39 is 17.4 Å². The Kier molecular flexibility index (Phi) is 3.10. The molecule has 0 saturated heterocycles. The Bertz CT molecular complexity index is 567. The molecule has 0 N–H and O–H groups in total. The van der Waals surface area contributed by atoms with Gasteiger partial charge in [-0.05, 0) is 23.8 Å². The molecule has 0 unspecified atom stereocenters. The number of rotatable bonds is 2. The van der Waals surface area contributed by atoms with E-state index in [1.165, 1.54) is 18.6 Å². The van der Waals surface area contributed by atoms with Gasteiger partial charge in [-0.3, -0.25) is 14.8 Å². The van der Waals surface area contributed by atoms with Crippen LogP contribution in [0, 0.1) is 0 Å². The summed E-state index contributed by atoms with van der Waals surface area (Å²) in [4.78, 5) is 17.9. The number of pyridine rings is 2. The zero-order chi connectivity index (χ0) is 13.2. The standard InChI is InChI=1S/C12H7F3N2O/c13-12(14,15)10-5-9(6-17-11(10)7-18)8-1-3-16-4-2-8/h1-7H. The fraction of sp³-hybridized carbons (Fsp3) is 0.0833. The van der Waals surface area contributed by atoms with Crippen LogP contribution in [0.5, 0.6) is 0 Å². The van der Waals surface area contributed by atoms with Crippen LogP contribution in [-0.4, -0.2) is 16.3 Å². The quantitative estimate of drug-likeness (QED) is 0.771. The van der Waals surface area contributed by atoms with Gasteiger partial charge in [0.1, 0.15) is 5.69 Å². The van der Waals surface area contributed by atoms with Crippen LogP contribution in [0.4, 0.5) is 13.2 Å². The Morgan fingerprint density at radius 1 is 1.11 bits per heavy atom. The van der Waals surface area contributed by atoms with Gasteiger partial charge >= 0.3 is 6.18 Å². The first kappa shape index (κ1) is 12.2. The van der Waals surface area contributed by atoms with E-state index in [2.05, 4.69) is 9.97 Å². The van der Waals surface area contributed by atoms with Crippen molar-refractivity contribution >= 4 is 6.29 Å². The van der Waals surface area contributed by atoms with Crippen molar-refractivity contribution in [1.29, 1.82) is 0 Å². The summed E-state index contributed by atoms with van der Waals surface area (Å²) < 4.78 is 38.2. The number of carbonyl (C=O) groups excluding carboxylic acids is 1. The van der Waals surface area contributed by atoms with E-state index in [1.807, 2.05) is 0 Å². The average Bonchev–Trinajstić information content (AvgIpc) is 2.38. The van der Waals surface area contributed by atoms with Gasteiger partial charge in [0, 0.05) is 24.2 Å². The molecule has 2 rings (SSSR count). The van der Waals surface area contributed by atoms with Gasteiger partial charge in [-0.1, -0.05) is 0 Å². The van der Waals surface area contributed by atoms with Gasteiger partial charge in [-0.15, -0.1) is 0 Å². The minimum Gasteiger partial charge on any atom is -0.296 e. The van der Waals surface area contributed by atoms with Crippen molar-refractivity contribution in [2.24, 2.45) is 0 Å². The fourth-order valence-corrected chi connectivity index (χ4v) is 1.50. The van der Waals surface area contributed by atoms with Crippen molar-refractivity contribution < 1.29 is 18.0 Å². The predicted octanol–water partition coefficient (Wildman–Crippen LogP) is 2.97. The van der Waals surface area contributed by atoms with Crippen LogP contribution in [0.3, 0.4) is 0 Å². The van der Waals surface area contributed by atoms with Gasteiger partial charge in [0.25, 0.3) is 0 Å². The molecule has 0 fully saturated rings. The van der Waals surface area contributed by atoms with Gasteiger partial charge in [0.15, 0.2) is 6.29 Å². The number of nitrogens with zero attached hydrogens (tertiary/aromatic N) is 2. The number of alkyl halides is 3. The van der Waals surface area contributed by atoms with Crippen LogP contribution in [-0.2, 0) is 6.18 Å². The topological polar surface area (TPSA) is 42.9 Å². The maximum atomic E-state index is 12.7. The molecule has 2 heterocycles. The molecule has 2 aromatic rings. The molecule has 0 bridgehead atoms. The molecular weight excluding hydrogens is 245 g/mol. The maximum Gasteiger partial charge on any atom is 0.418 e. The molecular formula is C12H7F3N2O. The molecule has 0 aliphatic heterocycles. The van der Waals surface area contributed by atoms with Gasteiger partial charge in [0.05, 0.1) is 5.56 Å². The summed E-state index contributed by atoms with van der Waals surface area (Å²) in [5, 5.41) is 0. The number of hydrogen-bond donors (Lipinski definition) is 0. The third-order valence-electron chi connectivity index (χ3n) is 2.35. The van der Waals surface area contributed by atoms with Crippen LogP contribution in [0.25, 0.3) is 11.1 Å². The van der Waals surface area contributed by atoms with Crippen molar-refractivity contribution in [3.05, 3.63) is 48.0 Å². The fourth-order valence-electron chi connectivity index (χ4n) is 1.50. The Morgan fingerprint density at radius 2 is 1.78 bits per heavy atom. The molecule has 0 spiro atoms. The highest BCUT2D eigenvalue weighted by atomic mass is 19.4. The van der Waals surface area contributed by atoms with Crippen molar-refractivity contribution in [3.63, 3.8) is 0 Å². The second-order valence-corrected chi connectivity index (χ2v) is 3.51. The molecule has 92 valence electrons. The Morgan fingerprint density at radius 3 is 2.33 bits per heavy atom. The second kappa shape index (κ2) is 4.56. The predicted molar refractivity (Wildman–Crippen MR) is 57.9 cm³/mol. The monoisotopic (exact) mass is 252 g/mol. The van der Waals surface area contributed by atoms with Crippen molar-refractivity contribution in [2.75, 3.05) is 0 Å². The molecule has 0 aromatic carbocycles. The number of aromatic nitrogens is 2. The summed E-state index contributed by atoms with van der Waals surface area (Å²) in [6.45, 7) is 0. The lowest BCUT2D eigenvalue weighted by Gasteiger charge is -2.10. The zero-order valence-electron chi connectivity index (χ0n) is 8.98. The molecule has 0 saturated carbocycles. The smallest absolute Gasteiger partial charge is 0.296 e. The third-order valence-corrected chi connectivity index (χ3v) is 2.35. The minimum absolute atomic E-state index is 0.0964. The molecule has 0 aliphatic carbocycles. The van der Waals surface area contributed by atoms with Crippen LogP contribution in [0.1, 0.15) is 16.1 Å². The van der Waals surface area contributed by atoms with Gasteiger partial charge in [-0.25, -0.2) is 0 Å². The summed E-state index contributed by atoms with van der Waals surface area (Å²) in [5.41, 5.74) is -0.803. The SMILES string of the molecule is O=Cc1ncc(-c2ccncc2)cc1C(F)(F)F. The second-order valence-electron chi connectivity index (χ2n) is 3.51. The maximum absolute atomic E-state index is 12.7. The molecule has 2 aromatic heterocycles. The highest BCUT2D eigenvalue weighted by molar-refractivity contribution is 5.76. The van der Waals surface area contributed by atoms with Crippen LogP contribution in [0.2, 0.25) is 0 Å². The zero-order valence-corrected chi connectivity index (χ0v) is 8.98. The summed E-state index contributed by atoms with van der Waals surface area (Å²) >= 11 is 0. The van der Waals surface area contributed by atoms with E-state index in [-0.39, 0.29) is 11.8 Å². The van der Waals surface area contributed by atoms with Gasteiger partial charge in [0.2, 0.25) is 0 Å². The minimum atomic E-state index is -4.60. The largest absolute Gasteiger partial charge is 0.418 e. The van der Waals surface area contributed by atoms with Crippen molar-refractivity contribution in [3.8, 4) is 11.1 Å². The first-order chi connectivity index (χ1) is 8.52. The molecule has 0 atom stereocenters. The number of aldehydes is 1. The number of hydrogen-bond acceptors (Lipinski definition) is 3. The lowest BCUT2D eigenvalue weighted by atomic mass is 10.1. The average molecular weight is 252 g/mol. The van der Waals surface area contributed by atoms with Gasteiger partial charge in [-0.2, -0.15) is 13.2 Å².